The van der Waals surface area contributed by atoms with Gasteiger partial charge in [-0.2, -0.15) is 0 Å². The van der Waals surface area contributed by atoms with Gasteiger partial charge in [0.1, 0.15) is 11.3 Å². The lowest BCUT2D eigenvalue weighted by atomic mass is 10.2. The summed E-state index contributed by atoms with van der Waals surface area (Å²) in [6.07, 6.45) is 3.26. The molecule has 140 valence electrons. The van der Waals surface area contributed by atoms with Gasteiger partial charge in [0.15, 0.2) is 10.9 Å². The van der Waals surface area contributed by atoms with Crippen LogP contribution in [0.1, 0.15) is 15.9 Å². The molecule has 0 N–H and O–H groups in total. The normalized spacial score (nSPS) is 11.0. The Balaban J connectivity index is 1.80. The van der Waals surface area contributed by atoms with Crippen LogP contribution >= 0.6 is 22.9 Å². The van der Waals surface area contributed by atoms with Crippen LogP contribution in [0, 0.1) is 11.6 Å². The molecule has 0 unspecified atom stereocenters. The fourth-order valence-corrected chi connectivity index (χ4v) is 3.93. The van der Waals surface area contributed by atoms with Crippen LogP contribution in [0.2, 0.25) is 5.02 Å². The molecule has 4 aromatic rings. The maximum atomic E-state index is 14.1. The highest BCUT2D eigenvalue weighted by Gasteiger charge is 2.23. The Kier molecular flexibility index (Phi) is 5.02. The maximum absolute atomic E-state index is 14.1. The standard InChI is InChI=1S/C20H12ClF2N3OS/c21-14-5-1-4-13(7-14)19(27)26(11-12-3-2-6-24-10-12)20-25-18-16(23)8-15(22)9-17(18)28-20/h1-10H,11H2. The second-order valence-electron chi connectivity index (χ2n) is 5.99. The fraction of sp³-hybridized carbons (Fsp3) is 0.0500. The van der Waals surface area contributed by atoms with Gasteiger partial charge >= 0.3 is 0 Å². The van der Waals surface area contributed by atoms with Crippen molar-refractivity contribution >= 4 is 44.2 Å². The van der Waals surface area contributed by atoms with Gasteiger partial charge in [-0.3, -0.25) is 14.7 Å². The molecule has 0 aliphatic heterocycles. The number of benzene rings is 2. The van der Waals surface area contributed by atoms with E-state index in [9.17, 15) is 13.6 Å². The summed E-state index contributed by atoms with van der Waals surface area (Å²) in [6.45, 7) is 0.170. The molecular weight excluding hydrogens is 404 g/mol. The van der Waals surface area contributed by atoms with Crippen molar-refractivity contribution in [3.63, 3.8) is 0 Å². The highest BCUT2D eigenvalue weighted by molar-refractivity contribution is 7.22. The number of rotatable bonds is 4. The number of fused-ring (bicyclic) bond motifs is 1. The SMILES string of the molecule is O=C(c1cccc(Cl)c1)N(Cc1cccnc1)c1nc2c(F)cc(F)cc2s1. The van der Waals surface area contributed by atoms with Crippen LogP contribution in [-0.2, 0) is 6.54 Å². The molecule has 0 spiro atoms. The van der Waals surface area contributed by atoms with Crippen molar-refractivity contribution in [2.24, 2.45) is 0 Å². The number of thiazole rings is 1. The minimum atomic E-state index is -0.769. The number of hydrogen-bond acceptors (Lipinski definition) is 4. The van der Waals surface area contributed by atoms with Gasteiger partial charge in [0.05, 0.1) is 11.2 Å². The van der Waals surface area contributed by atoms with Gasteiger partial charge < -0.3 is 0 Å². The van der Waals surface area contributed by atoms with E-state index in [2.05, 4.69) is 9.97 Å². The van der Waals surface area contributed by atoms with Crippen molar-refractivity contribution in [1.29, 1.82) is 0 Å². The first-order valence-corrected chi connectivity index (χ1v) is 9.42. The van der Waals surface area contributed by atoms with E-state index in [1.54, 1.807) is 42.7 Å². The van der Waals surface area contributed by atoms with Crippen LogP contribution in [0.5, 0.6) is 0 Å². The van der Waals surface area contributed by atoms with Crippen LogP contribution in [0.25, 0.3) is 10.2 Å². The number of halogens is 3. The van der Waals surface area contributed by atoms with Gasteiger partial charge in [0.2, 0.25) is 0 Å². The van der Waals surface area contributed by atoms with Crippen LogP contribution < -0.4 is 4.90 Å². The van der Waals surface area contributed by atoms with Crippen molar-refractivity contribution in [2.75, 3.05) is 4.90 Å². The Labute approximate surface area is 168 Å². The minimum absolute atomic E-state index is 0.0245. The molecule has 2 heterocycles. The van der Waals surface area contributed by atoms with Gasteiger partial charge in [-0.25, -0.2) is 13.8 Å². The molecule has 0 radical (unpaired) electrons. The molecule has 0 bridgehead atoms. The zero-order valence-electron chi connectivity index (χ0n) is 14.3. The van der Waals surface area contributed by atoms with Crippen LogP contribution in [0.15, 0.2) is 60.9 Å². The third-order valence-corrected chi connectivity index (χ3v) is 5.27. The number of aromatic nitrogens is 2. The molecule has 8 heteroatoms. The lowest BCUT2D eigenvalue weighted by Gasteiger charge is -2.20. The Hall–Kier alpha value is -2.90. The highest BCUT2D eigenvalue weighted by Crippen LogP contribution is 2.33. The summed E-state index contributed by atoms with van der Waals surface area (Å²) in [5.74, 6) is -1.82. The largest absolute Gasteiger partial charge is 0.279 e. The van der Waals surface area contributed by atoms with Crippen molar-refractivity contribution in [3.05, 3.63) is 88.7 Å². The van der Waals surface area contributed by atoms with E-state index >= 15 is 0 Å². The van der Waals surface area contributed by atoms with E-state index in [1.165, 1.54) is 11.0 Å². The zero-order valence-corrected chi connectivity index (χ0v) is 15.8. The Morgan fingerprint density at radius 2 is 2.00 bits per heavy atom. The highest BCUT2D eigenvalue weighted by atomic mass is 35.5. The number of carbonyl (C=O) groups is 1. The minimum Gasteiger partial charge on any atom is -0.279 e. The number of pyridine rings is 1. The van der Waals surface area contributed by atoms with E-state index in [1.807, 2.05) is 6.07 Å². The second kappa shape index (κ2) is 7.61. The summed E-state index contributed by atoms with van der Waals surface area (Å²) in [7, 11) is 0. The molecule has 2 aromatic heterocycles. The fourth-order valence-electron chi connectivity index (χ4n) is 2.74. The predicted molar refractivity (Wildman–Crippen MR) is 106 cm³/mol. The molecule has 0 atom stereocenters. The number of anilines is 1. The monoisotopic (exact) mass is 415 g/mol. The third-order valence-electron chi connectivity index (χ3n) is 4.01. The molecule has 4 nitrogen and oxygen atoms in total. The van der Waals surface area contributed by atoms with Crippen LogP contribution in [0.4, 0.5) is 13.9 Å². The van der Waals surface area contributed by atoms with Gasteiger partial charge in [-0.1, -0.05) is 35.1 Å². The molecule has 0 fully saturated rings. The molecule has 0 aliphatic rings. The summed E-state index contributed by atoms with van der Waals surface area (Å²) >= 11 is 7.06. The van der Waals surface area contributed by atoms with Crippen LogP contribution in [0.3, 0.4) is 0 Å². The van der Waals surface area contributed by atoms with Crippen LogP contribution in [-0.4, -0.2) is 15.9 Å². The van der Waals surface area contributed by atoms with Crippen molar-refractivity contribution in [2.45, 2.75) is 6.54 Å². The molecule has 2 aromatic carbocycles. The lowest BCUT2D eigenvalue weighted by molar-refractivity contribution is 0.0985. The van der Waals surface area contributed by atoms with E-state index in [4.69, 9.17) is 11.6 Å². The molecular formula is C20H12ClF2N3OS. The summed E-state index contributed by atoms with van der Waals surface area (Å²) in [6, 6.07) is 12.1. The third kappa shape index (κ3) is 3.72. The van der Waals surface area contributed by atoms with E-state index in [0.717, 1.165) is 23.0 Å². The number of hydrogen-bond donors (Lipinski definition) is 0. The van der Waals surface area contributed by atoms with Gasteiger partial charge in [-0.15, -0.1) is 0 Å². The Bertz CT molecular complexity index is 1170. The number of carbonyl (C=O) groups excluding carboxylic acids is 1. The zero-order chi connectivity index (χ0) is 19.7. The average Bonchev–Trinajstić information content (AvgIpc) is 3.10. The summed E-state index contributed by atoms with van der Waals surface area (Å²) in [4.78, 5) is 22.9. The van der Waals surface area contributed by atoms with E-state index in [-0.39, 0.29) is 23.1 Å². The quantitative estimate of drug-likeness (QED) is 0.444. The van der Waals surface area contributed by atoms with Gasteiger partial charge in [-0.05, 0) is 35.9 Å². The van der Waals surface area contributed by atoms with Crippen molar-refractivity contribution in [1.82, 2.24) is 9.97 Å². The molecule has 1 amide bonds. The molecule has 0 aliphatic carbocycles. The van der Waals surface area contributed by atoms with E-state index < -0.39 is 11.6 Å². The first-order chi connectivity index (χ1) is 13.5. The first-order valence-electron chi connectivity index (χ1n) is 8.23. The van der Waals surface area contributed by atoms with Gasteiger partial charge in [0, 0.05) is 29.0 Å². The Morgan fingerprint density at radius 1 is 1.14 bits per heavy atom. The summed E-state index contributed by atoms with van der Waals surface area (Å²) < 4.78 is 28.0. The van der Waals surface area contributed by atoms with Crippen molar-refractivity contribution in [3.8, 4) is 0 Å². The van der Waals surface area contributed by atoms with Crippen molar-refractivity contribution < 1.29 is 13.6 Å². The van der Waals surface area contributed by atoms with Gasteiger partial charge in [0.25, 0.3) is 5.91 Å². The second-order valence-corrected chi connectivity index (χ2v) is 7.44. The van der Waals surface area contributed by atoms with E-state index in [0.29, 0.717) is 15.3 Å². The maximum Gasteiger partial charge on any atom is 0.260 e. The summed E-state index contributed by atoms with van der Waals surface area (Å²) in [5, 5.41) is 0.679. The number of amides is 1. The average molecular weight is 416 g/mol. The molecule has 0 saturated heterocycles. The smallest absolute Gasteiger partial charge is 0.260 e. The molecule has 4 rings (SSSR count). The molecule has 0 saturated carbocycles. The first kappa shape index (κ1) is 18.5. The predicted octanol–water partition coefficient (Wildman–Crippen LogP) is 5.47. The lowest BCUT2D eigenvalue weighted by Crippen LogP contribution is -2.30. The molecule has 28 heavy (non-hydrogen) atoms. The Morgan fingerprint density at radius 3 is 2.75 bits per heavy atom. The topological polar surface area (TPSA) is 46.1 Å². The number of nitrogens with zero attached hydrogens (tertiary/aromatic N) is 3. The summed E-state index contributed by atoms with van der Waals surface area (Å²) in [5.41, 5.74) is 1.16.